The van der Waals surface area contributed by atoms with Crippen LogP contribution >= 0.6 is 0 Å². The lowest BCUT2D eigenvalue weighted by Crippen LogP contribution is -2.17. The number of carbonyl (C=O) groups is 2. The number of ether oxygens (including phenoxy) is 1. The summed E-state index contributed by atoms with van der Waals surface area (Å²) in [4.78, 5) is 27.4. The van der Waals surface area contributed by atoms with Gasteiger partial charge in [-0.25, -0.2) is 4.79 Å². The van der Waals surface area contributed by atoms with E-state index in [4.69, 9.17) is 10.5 Å². The molecule has 0 unspecified atom stereocenters. The zero-order chi connectivity index (χ0) is 18.5. The van der Waals surface area contributed by atoms with Crippen molar-refractivity contribution < 1.29 is 14.3 Å². The van der Waals surface area contributed by atoms with Gasteiger partial charge in [-0.05, 0) is 37.3 Å². The summed E-state index contributed by atoms with van der Waals surface area (Å²) in [5, 5.41) is 0.987. The molecule has 1 heterocycles. The molecule has 6 nitrogen and oxygen atoms in total. The highest BCUT2D eigenvalue weighted by Crippen LogP contribution is 2.21. The van der Waals surface area contributed by atoms with Crippen molar-refractivity contribution in [1.29, 1.82) is 0 Å². The second-order valence-electron chi connectivity index (χ2n) is 5.72. The summed E-state index contributed by atoms with van der Waals surface area (Å²) in [5.41, 5.74) is 8.33. The molecule has 0 saturated carbocycles. The highest BCUT2D eigenvalue weighted by Gasteiger charge is 2.08. The lowest BCUT2D eigenvalue weighted by atomic mass is 10.2. The maximum Gasteiger partial charge on any atom is 0.338 e. The molecule has 1 amide bonds. The molecular formula is C20H19N3O3. The molecule has 0 aliphatic carbocycles. The number of hydrogen-bond acceptors (Lipinski definition) is 4. The number of para-hydroxylation sites is 1. The van der Waals surface area contributed by atoms with E-state index in [1.54, 1.807) is 37.4 Å². The number of amides is 1. The Hall–Kier alpha value is -3.41. The van der Waals surface area contributed by atoms with Crippen LogP contribution in [0.25, 0.3) is 10.9 Å². The molecule has 0 spiro atoms. The first kappa shape index (κ1) is 17.4. The quantitative estimate of drug-likeness (QED) is 0.548. The van der Waals surface area contributed by atoms with E-state index >= 15 is 0 Å². The van der Waals surface area contributed by atoms with Gasteiger partial charge in [0.1, 0.15) is 6.54 Å². The molecule has 2 aromatic carbocycles. The van der Waals surface area contributed by atoms with Gasteiger partial charge < -0.3 is 15.0 Å². The Morgan fingerprint density at radius 2 is 1.88 bits per heavy atom. The van der Waals surface area contributed by atoms with Gasteiger partial charge in [-0.3, -0.25) is 9.79 Å². The SMILES string of the molecule is CCOC(=O)c1ccc(N=Cc2cn(CC(N)=O)c3ccccc23)cc1. The second-order valence-corrected chi connectivity index (χ2v) is 5.72. The molecule has 0 atom stereocenters. The van der Waals surface area contributed by atoms with Gasteiger partial charge in [0.15, 0.2) is 0 Å². The third-order valence-corrected chi connectivity index (χ3v) is 3.88. The second kappa shape index (κ2) is 7.65. The van der Waals surface area contributed by atoms with Crippen molar-refractivity contribution in [3.8, 4) is 0 Å². The van der Waals surface area contributed by atoms with Crippen molar-refractivity contribution >= 4 is 34.7 Å². The molecule has 26 heavy (non-hydrogen) atoms. The molecule has 6 heteroatoms. The molecule has 3 aromatic rings. The van der Waals surface area contributed by atoms with Crippen LogP contribution in [0.3, 0.4) is 0 Å². The van der Waals surface area contributed by atoms with Crippen LogP contribution < -0.4 is 5.73 Å². The topological polar surface area (TPSA) is 86.7 Å². The predicted octanol–water partition coefficient (Wildman–Crippen LogP) is 3.05. The highest BCUT2D eigenvalue weighted by molar-refractivity contribution is 6.00. The van der Waals surface area contributed by atoms with E-state index in [0.29, 0.717) is 17.9 Å². The first-order valence-corrected chi connectivity index (χ1v) is 8.26. The molecule has 0 fully saturated rings. The van der Waals surface area contributed by atoms with Crippen molar-refractivity contribution in [1.82, 2.24) is 4.57 Å². The fourth-order valence-corrected chi connectivity index (χ4v) is 2.72. The minimum Gasteiger partial charge on any atom is -0.462 e. The Bertz CT molecular complexity index is 972. The van der Waals surface area contributed by atoms with Gasteiger partial charge in [-0.1, -0.05) is 18.2 Å². The number of hydrogen-bond donors (Lipinski definition) is 1. The minimum atomic E-state index is -0.399. The van der Waals surface area contributed by atoms with Gasteiger partial charge in [0.2, 0.25) is 5.91 Å². The van der Waals surface area contributed by atoms with Crippen LogP contribution in [0.15, 0.2) is 59.7 Å². The maximum atomic E-state index is 11.7. The Morgan fingerprint density at radius 1 is 1.15 bits per heavy atom. The zero-order valence-electron chi connectivity index (χ0n) is 14.4. The van der Waals surface area contributed by atoms with Crippen LogP contribution in [-0.4, -0.2) is 29.3 Å². The van der Waals surface area contributed by atoms with E-state index in [1.165, 1.54) is 0 Å². The number of fused-ring (bicyclic) bond motifs is 1. The summed E-state index contributed by atoms with van der Waals surface area (Å²) in [5.74, 6) is -0.749. The largest absolute Gasteiger partial charge is 0.462 e. The summed E-state index contributed by atoms with van der Waals surface area (Å²) >= 11 is 0. The van der Waals surface area contributed by atoms with Crippen LogP contribution in [0.5, 0.6) is 0 Å². The molecule has 0 aliphatic rings. The lowest BCUT2D eigenvalue weighted by Gasteiger charge is -2.01. The number of primary amides is 1. The van der Waals surface area contributed by atoms with E-state index in [2.05, 4.69) is 4.99 Å². The van der Waals surface area contributed by atoms with Crippen LogP contribution in [0.1, 0.15) is 22.8 Å². The number of carbonyl (C=O) groups excluding carboxylic acids is 2. The number of aliphatic imine (C=N–C) groups is 1. The third kappa shape index (κ3) is 3.80. The average Bonchev–Trinajstić information content (AvgIpc) is 2.98. The zero-order valence-corrected chi connectivity index (χ0v) is 14.4. The van der Waals surface area contributed by atoms with Gasteiger partial charge in [-0.15, -0.1) is 0 Å². The average molecular weight is 349 g/mol. The van der Waals surface area contributed by atoms with Gasteiger partial charge in [0.25, 0.3) is 0 Å². The molecule has 0 aliphatic heterocycles. The fourth-order valence-electron chi connectivity index (χ4n) is 2.72. The normalized spacial score (nSPS) is 11.1. The Labute approximate surface area is 150 Å². The molecule has 2 N–H and O–H groups in total. The van der Waals surface area contributed by atoms with E-state index in [0.717, 1.165) is 16.5 Å². The number of esters is 1. The predicted molar refractivity (Wildman–Crippen MR) is 101 cm³/mol. The van der Waals surface area contributed by atoms with Gasteiger partial charge in [0, 0.05) is 28.9 Å². The van der Waals surface area contributed by atoms with Crippen LogP contribution in [0, 0.1) is 0 Å². The molecule has 0 saturated heterocycles. The monoisotopic (exact) mass is 349 g/mol. The number of aromatic nitrogens is 1. The van der Waals surface area contributed by atoms with Crippen LogP contribution in [-0.2, 0) is 16.1 Å². The lowest BCUT2D eigenvalue weighted by molar-refractivity contribution is -0.118. The van der Waals surface area contributed by atoms with Gasteiger partial charge >= 0.3 is 5.97 Å². The van der Waals surface area contributed by atoms with Crippen LogP contribution in [0.2, 0.25) is 0 Å². The first-order valence-electron chi connectivity index (χ1n) is 8.26. The summed E-state index contributed by atoms with van der Waals surface area (Å²) in [7, 11) is 0. The number of nitrogens with zero attached hydrogens (tertiary/aromatic N) is 2. The highest BCUT2D eigenvalue weighted by atomic mass is 16.5. The van der Waals surface area contributed by atoms with E-state index in [1.807, 2.05) is 35.0 Å². The maximum absolute atomic E-state index is 11.7. The standard InChI is InChI=1S/C20H19N3O3/c1-2-26-20(25)14-7-9-16(10-8-14)22-11-15-12-23(13-19(21)24)18-6-4-3-5-17(15)18/h3-12H,2,13H2,1H3,(H2,21,24). The summed E-state index contributed by atoms with van der Waals surface area (Å²) in [6.07, 6.45) is 3.59. The van der Waals surface area contributed by atoms with Crippen molar-refractivity contribution in [2.75, 3.05) is 6.61 Å². The Balaban J connectivity index is 1.86. The van der Waals surface area contributed by atoms with Gasteiger partial charge in [-0.2, -0.15) is 0 Å². The fraction of sp³-hybridized carbons (Fsp3) is 0.150. The van der Waals surface area contributed by atoms with Crippen molar-refractivity contribution in [2.45, 2.75) is 13.5 Å². The van der Waals surface area contributed by atoms with Crippen molar-refractivity contribution in [3.63, 3.8) is 0 Å². The number of benzene rings is 2. The molecule has 1 aromatic heterocycles. The molecule has 0 bridgehead atoms. The number of nitrogens with two attached hydrogens (primary N) is 1. The molecule has 3 rings (SSSR count). The van der Waals surface area contributed by atoms with Crippen molar-refractivity contribution in [3.05, 3.63) is 65.9 Å². The summed E-state index contributed by atoms with van der Waals surface area (Å²) in [6.45, 7) is 2.22. The Morgan fingerprint density at radius 3 is 2.58 bits per heavy atom. The van der Waals surface area contributed by atoms with E-state index in [9.17, 15) is 9.59 Å². The molecule has 132 valence electrons. The third-order valence-electron chi connectivity index (χ3n) is 3.88. The van der Waals surface area contributed by atoms with Gasteiger partial charge in [0.05, 0.1) is 17.9 Å². The summed E-state index contributed by atoms with van der Waals surface area (Å²) < 4.78 is 6.77. The van der Waals surface area contributed by atoms with E-state index < -0.39 is 5.91 Å². The summed E-state index contributed by atoms with van der Waals surface area (Å²) in [6, 6.07) is 14.6. The first-order chi connectivity index (χ1) is 12.6. The smallest absolute Gasteiger partial charge is 0.338 e. The van der Waals surface area contributed by atoms with Crippen LogP contribution in [0.4, 0.5) is 5.69 Å². The minimum absolute atomic E-state index is 0.114. The Kier molecular flexibility index (Phi) is 5.12. The van der Waals surface area contributed by atoms with Crippen molar-refractivity contribution in [2.24, 2.45) is 10.7 Å². The number of rotatable bonds is 6. The molecular weight excluding hydrogens is 330 g/mol. The van der Waals surface area contributed by atoms with E-state index in [-0.39, 0.29) is 12.5 Å². The molecule has 0 radical (unpaired) electrons.